The summed E-state index contributed by atoms with van der Waals surface area (Å²) in [7, 11) is 0. The Morgan fingerprint density at radius 2 is 1.76 bits per heavy atom. The number of likely N-dealkylation sites (tertiary alicyclic amines) is 1. The van der Waals surface area contributed by atoms with Gasteiger partial charge in [0.2, 0.25) is 11.8 Å². The van der Waals surface area contributed by atoms with Crippen LogP contribution in [-0.2, 0) is 9.59 Å². The molecule has 0 unspecified atom stereocenters. The summed E-state index contributed by atoms with van der Waals surface area (Å²) in [6, 6.07) is 9.29. The highest BCUT2D eigenvalue weighted by Crippen LogP contribution is 2.15. The van der Waals surface area contributed by atoms with Crippen LogP contribution in [0.3, 0.4) is 0 Å². The van der Waals surface area contributed by atoms with Crippen molar-refractivity contribution in [2.45, 2.75) is 25.8 Å². The molecule has 154 valence electrons. The van der Waals surface area contributed by atoms with E-state index in [-0.39, 0.29) is 35.3 Å². The summed E-state index contributed by atoms with van der Waals surface area (Å²) < 4.78 is 4.96. The first-order valence-electron chi connectivity index (χ1n) is 9.56. The van der Waals surface area contributed by atoms with E-state index in [4.69, 9.17) is 4.42 Å². The minimum absolute atomic E-state index is 0.0429. The average Bonchev–Trinajstić information content (AvgIpc) is 3.25. The SMILES string of the molecule is Cc1ccc(NC(=O)CSCC(=O)NC2CCN(C(=O)c3ccoc3)CC2)cc1. The van der Waals surface area contributed by atoms with Crippen LogP contribution < -0.4 is 10.6 Å². The van der Waals surface area contributed by atoms with Crippen LogP contribution in [0.5, 0.6) is 0 Å². The van der Waals surface area contributed by atoms with Gasteiger partial charge in [-0.05, 0) is 38.0 Å². The summed E-state index contributed by atoms with van der Waals surface area (Å²) in [5.41, 5.74) is 2.43. The Balaban J connectivity index is 1.31. The molecule has 3 amide bonds. The van der Waals surface area contributed by atoms with Crippen molar-refractivity contribution in [1.82, 2.24) is 10.2 Å². The van der Waals surface area contributed by atoms with Crippen LogP contribution in [0.25, 0.3) is 0 Å². The van der Waals surface area contributed by atoms with E-state index < -0.39 is 0 Å². The smallest absolute Gasteiger partial charge is 0.257 e. The summed E-state index contributed by atoms with van der Waals surface area (Å²) in [6.07, 6.45) is 4.36. The second kappa shape index (κ2) is 10.2. The third-order valence-corrected chi connectivity index (χ3v) is 5.65. The lowest BCUT2D eigenvalue weighted by Crippen LogP contribution is -2.47. The largest absolute Gasteiger partial charge is 0.472 e. The van der Waals surface area contributed by atoms with E-state index in [9.17, 15) is 14.4 Å². The van der Waals surface area contributed by atoms with E-state index in [1.807, 2.05) is 31.2 Å². The number of rotatable bonds is 7. The van der Waals surface area contributed by atoms with Crippen molar-refractivity contribution >= 4 is 35.2 Å². The molecular weight excluding hydrogens is 390 g/mol. The first kappa shape index (κ1) is 21.0. The Labute approximate surface area is 174 Å². The highest BCUT2D eigenvalue weighted by molar-refractivity contribution is 8.00. The second-order valence-corrected chi connectivity index (χ2v) is 8.04. The molecule has 2 N–H and O–H groups in total. The van der Waals surface area contributed by atoms with E-state index in [1.165, 1.54) is 24.3 Å². The Bertz CT molecular complexity index is 828. The molecule has 29 heavy (non-hydrogen) atoms. The predicted octanol–water partition coefficient (Wildman–Crippen LogP) is 2.68. The summed E-state index contributed by atoms with van der Waals surface area (Å²) in [4.78, 5) is 38.1. The number of carbonyl (C=O) groups excluding carboxylic acids is 3. The number of aryl methyl sites for hydroxylation is 1. The fourth-order valence-electron chi connectivity index (χ4n) is 3.14. The van der Waals surface area contributed by atoms with Gasteiger partial charge in [0.1, 0.15) is 6.26 Å². The van der Waals surface area contributed by atoms with Gasteiger partial charge in [-0.15, -0.1) is 11.8 Å². The number of hydrogen-bond donors (Lipinski definition) is 2. The van der Waals surface area contributed by atoms with Gasteiger partial charge < -0.3 is 20.0 Å². The number of nitrogens with zero attached hydrogens (tertiary/aromatic N) is 1. The van der Waals surface area contributed by atoms with Crippen LogP contribution >= 0.6 is 11.8 Å². The normalized spacial score (nSPS) is 14.4. The fraction of sp³-hybridized carbons (Fsp3) is 0.381. The third kappa shape index (κ3) is 6.39. The summed E-state index contributed by atoms with van der Waals surface area (Å²) in [5.74, 6) is 0.197. The minimum atomic E-state index is -0.127. The summed E-state index contributed by atoms with van der Waals surface area (Å²) in [6.45, 7) is 3.18. The molecule has 7 nitrogen and oxygen atoms in total. The van der Waals surface area contributed by atoms with Gasteiger partial charge in [-0.3, -0.25) is 14.4 Å². The molecule has 1 aliphatic heterocycles. The van der Waals surface area contributed by atoms with Crippen LogP contribution in [0.1, 0.15) is 28.8 Å². The van der Waals surface area contributed by atoms with Gasteiger partial charge in [0, 0.05) is 24.8 Å². The molecule has 0 saturated carbocycles. The average molecular weight is 416 g/mol. The number of thioether (sulfide) groups is 1. The third-order valence-electron chi connectivity index (χ3n) is 4.72. The van der Waals surface area contributed by atoms with Crippen molar-refractivity contribution in [3.8, 4) is 0 Å². The van der Waals surface area contributed by atoms with Crippen LogP contribution in [0.2, 0.25) is 0 Å². The van der Waals surface area contributed by atoms with Gasteiger partial charge in [0.05, 0.1) is 23.3 Å². The highest BCUT2D eigenvalue weighted by atomic mass is 32.2. The quantitative estimate of drug-likeness (QED) is 0.725. The zero-order valence-corrected chi connectivity index (χ0v) is 17.2. The van der Waals surface area contributed by atoms with Gasteiger partial charge in [-0.25, -0.2) is 0 Å². The van der Waals surface area contributed by atoms with Crippen LogP contribution in [-0.4, -0.2) is 53.3 Å². The number of benzene rings is 1. The lowest BCUT2D eigenvalue weighted by Gasteiger charge is -2.32. The summed E-state index contributed by atoms with van der Waals surface area (Å²) in [5, 5.41) is 5.81. The van der Waals surface area contributed by atoms with Crippen LogP contribution in [0, 0.1) is 6.92 Å². The molecule has 1 saturated heterocycles. The fourth-order valence-corrected chi connectivity index (χ4v) is 3.76. The zero-order valence-electron chi connectivity index (χ0n) is 16.3. The minimum Gasteiger partial charge on any atom is -0.472 e. The second-order valence-electron chi connectivity index (χ2n) is 7.05. The van der Waals surface area contributed by atoms with Crippen molar-refractivity contribution in [2.24, 2.45) is 0 Å². The Morgan fingerprint density at radius 3 is 2.41 bits per heavy atom. The molecule has 0 aliphatic carbocycles. The monoisotopic (exact) mass is 415 g/mol. The van der Waals surface area contributed by atoms with Crippen molar-refractivity contribution in [2.75, 3.05) is 29.9 Å². The number of carbonyl (C=O) groups is 3. The van der Waals surface area contributed by atoms with Gasteiger partial charge in [0.15, 0.2) is 0 Å². The molecule has 0 atom stereocenters. The first-order chi connectivity index (χ1) is 14.0. The van der Waals surface area contributed by atoms with Crippen molar-refractivity contribution in [3.63, 3.8) is 0 Å². The maximum Gasteiger partial charge on any atom is 0.257 e. The number of hydrogen-bond acceptors (Lipinski definition) is 5. The Kier molecular flexibility index (Phi) is 7.35. The predicted molar refractivity (Wildman–Crippen MR) is 113 cm³/mol. The number of furan rings is 1. The Hall–Kier alpha value is -2.74. The van der Waals surface area contributed by atoms with E-state index in [0.29, 0.717) is 31.5 Å². The molecule has 1 aromatic carbocycles. The number of amides is 3. The standard InChI is InChI=1S/C21H25N3O4S/c1-15-2-4-17(5-3-15)22-19(25)13-29-14-20(26)23-18-6-9-24(10-7-18)21(27)16-8-11-28-12-16/h2-5,8,11-12,18H,6-7,9-10,13-14H2,1H3,(H,22,25)(H,23,26). The molecule has 2 heterocycles. The first-order valence-corrected chi connectivity index (χ1v) is 10.7. The van der Waals surface area contributed by atoms with Gasteiger partial charge in [-0.1, -0.05) is 17.7 Å². The van der Waals surface area contributed by atoms with Gasteiger partial charge in [0.25, 0.3) is 5.91 Å². The molecular formula is C21H25N3O4S. The topological polar surface area (TPSA) is 91.7 Å². The van der Waals surface area contributed by atoms with E-state index in [2.05, 4.69) is 10.6 Å². The van der Waals surface area contributed by atoms with Crippen LogP contribution in [0.15, 0.2) is 47.3 Å². The molecule has 1 aromatic heterocycles. The lowest BCUT2D eigenvalue weighted by molar-refractivity contribution is -0.119. The maximum absolute atomic E-state index is 12.3. The van der Waals surface area contributed by atoms with Crippen molar-refractivity contribution in [1.29, 1.82) is 0 Å². The van der Waals surface area contributed by atoms with Crippen molar-refractivity contribution < 1.29 is 18.8 Å². The number of nitrogens with one attached hydrogen (secondary N) is 2. The van der Waals surface area contributed by atoms with E-state index >= 15 is 0 Å². The van der Waals surface area contributed by atoms with Gasteiger partial charge >= 0.3 is 0 Å². The number of piperidine rings is 1. The lowest BCUT2D eigenvalue weighted by atomic mass is 10.0. The maximum atomic E-state index is 12.3. The highest BCUT2D eigenvalue weighted by Gasteiger charge is 2.25. The molecule has 8 heteroatoms. The Morgan fingerprint density at radius 1 is 1.07 bits per heavy atom. The molecule has 3 rings (SSSR count). The van der Waals surface area contributed by atoms with Crippen LogP contribution in [0.4, 0.5) is 5.69 Å². The van der Waals surface area contributed by atoms with E-state index in [0.717, 1.165) is 11.3 Å². The molecule has 2 aromatic rings. The zero-order chi connectivity index (χ0) is 20.6. The van der Waals surface area contributed by atoms with Gasteiger partial charge in [-0.2, -0.15) is 0 Å². The molecule has 0 bridgehead atoms. The molecule has 1 fully saturated rings. The number of anilines is 1. The molecule has 0 spiro atoms. The molecule has 0 radical (unpaired) electrons. The summed E-state index contributed by atoms with van der Waals surface area (Å²) >= 11 is 1.29. The molecule has 1 aliphatic rings. The van der Waals surface area contributed by atoms with Crippen molar-refractivity contribution in [3.05, 3.63) is 54.0 Å². The van der Waals surface area contributed by atoms with E-state index in [1.54, 1.807) is 11.0 Å².